The zero-order chi connectivity index (χ0) is 32.9. The van der Waals surface area contributed by atoms with E-state index in [0.717, 1.165) is 18.9 Å². The summed E-state index contributed by atoms with van der Waals surface area (Å²) in [5.41, 5.74) is 6.99. The van der Waals surface area contributed by atoms with Crippen molar-refractivity contribution in [3.63, 3.8) is 0 Å². The number of aliphatic imine (C=N–C) groups is 1. The summed E-state index contributed by atoms with van der Waals surface area (Å²) in [5.74, 6) is -1.65. The Morgan fingerprint density at radius 2 is 1.96 bits per heavy atom. The van der Waals surface area contributed by atoms with Crippen LogP contribution in [-0.4, -0.2) is 60.6 Å². The zero-order valence-corrected chi connectivity index (χ0v) is 25.3. The third-order valence-electron chi connectivity index (χ3n) is 7.96. The van der Waals surface area contributed by atoms with Crippen LogP contribution in [0.25, 0.3) is 11.3 Å². The minimum absolute atomic E-state index is 0.00416. The van der Waals surface area contributed by atoms with Gasteiger partial charge in [-0.25, -0.2) is 4.98 Å². The van der Waals surface area contributed by atoms with Gasteiger partial charge in [-0.3, -0.25) is 14.6 Å². The van der Waals surface area contributed by atoms with Gasteiger partial charge in [0.15, 0.2) is 0 Å². The maximum atomic E-state index is 14.8. The molecule has 0 radical (unpaired) electrons. The Morgan fingerprint density at radius 3 is 2.56 bits per heavy atom. The number of aliphatic hydroxyl groups is 1. The van der Waals surface area contributed by atoms with Gasteiger partial charge in [-0.1, -0.05) is 11.6 Å². The molecule has 2 atom stereocenters. The highest BCUT2D eigenvalue weighted by molar-refractivity contribution is 6.31. The number of nitrogens with zero attached hydrogens (tertiary/aromatic N) is 2. The molecule has 2 heterocycles. The molecule has 10 nitrogen and oxygen atoms in total. The van der Waals surface area contributed by atoms with Gasteiger partial charge in [-0.05, 0) is 68.7 Å². The number of halogens is 4. The summed E-state index contributed by atoms with van der Waals surface area (Å²) in [6, 6.07) is 8.46. The van der Waals surface area contributed by atoms with E-state index >= 15 is 0 Å². The third kappa shape index (κ3) is 6.01. The highest BCUT2D eigenvalue weighted by atomic mass is 35.5. The molecule has 14 heteroatoms. The van der Waals surface area contributed by atoms with Gasteiger partial charge in [-0.15, -0.1) is 0 Å². The van der Waals surface area contributed by atoms with Gasteiger partial charge >= 0.3 is 6.18 Å². The molecule has 1 unspecified atom stereocenters. The first-order valence-corrected chi connectivity index (χ1v) is 14.3. The zero-order valence-electron chi connectivity index (χ0n) is 24.6. The normalized spacial score (nSPS) is 19.1. The van der Waals surface area contributed by atoms with Crippen molar-refractivity contribution >= 4 is 35.3 Å². The minimum atomic E-state index is -5.34. The number of carbonyl (C=O) groups is 2. The molecule has 5 rings (SSSR count). The number of rotatable bonds is 9. The molecule has 1 aromatic heterocycles. The molecular weight excluding hydrogens is 615 g/mol. The maximum Gasteiger partial charge on any atom is 0.424 e. The number of nitrogen functional groups attached to an aromatic ring is 1. The van der Waals surface area contributed by atoms with E-state index in [1.807, 2.05) is 0 Å². The molecule has 0 bridgehead atoms. The van der Waals surface area contributed by atoms with E-state index in [1.165, 1.54) is 38.4 Å². The Kier molecular flexibility index (Phi) is 8.21. The summed E-state index contributed by atoms with van der Waals surface area (Å²) in [4.78, 5) is 34.3. The van der Waals surface area contributed by atoms with Gasteiger partial charge in [0.1, 0.15) is 29.2 Å². The van der Waals surface area contributed by atoms with Gasteiger partial charge in [0.25, 0.3) is 5.91 Å². The standard InChI is InChI=1S/C31H31ClF3N5O5/c1-15-6-16(9-19(32)7-15)25-26-21(29(2,14-45-26)28(37)42)11-23(40-25)30(43,31(33,34)35)13-39-27(41)17-8-18(12-38-20-4-5-20)24(36)22(10-17)44-3/h6-12,20,43H,4-5,13-14,36H2,1-3H3,(H2,37,42)(H,39,41)/t29-,30?/m0/s1. The SMILES string of the molecule is COc1cc(C(=O)NCC(O)(c2cc3c(c(-c4cc(C)cc(Cl)c4)n2)OC[C@]3(C)C(N)=O)C(F)(F)F)cc(C=NC2CC2)c1N. The number of amides is 2. The summed E-state index contributed by atoms with van der Waals surface area (Å²) in [5, 5.41) is 13.8. The van der Waals surface area contributed by atoms with Crippen molar-refractivity contribution in [3.8, 4) is 22.8 Å². The van der Waals surface area contributed by atoms with Crippen molar-refractivity contribution < 1.29 is 37.3 Å². The van der Waals surface area contributed by atoms with Crippen LogP contribution >= 0.6 is 11.6 Å². The number of pyridine rings is 1. The first-order chi connectivity index (χ1) is 21.1. The van der Waals surface area contributed by atoms with E-state index in [1.54, 1.807) is 19.1 Å². The first-order valence-electron chi connectivity index (χ1n) is 13.9. The Hall–Kier alpha value is -4.36. The highest BCUT2D eigenvalue weighted by Gasteiger charge is 2.57. The van der Waals surface area contributed by atoms with E-state index in [2.05, 4.69) is 15.3 Å². The minimum Gasteiger partial charge on any atom is -0.495 e. The Balaban J connectivity index is 1.57. The van der Waals surface area contributed by atoms with Gasteiger partial charge in [0.2, 0.25) is 11.5 Å². The number of methoxy groups -OCH3 is 1. The molecule has 1 aliphatic carbocycles. The van der Waals surface area contributed by atoms with E-state index in [9.17, 15) is 27.9 Å². The molecule has 2 amide bonds. The van der Waals surface area contributed by atoms with Crippen LogP contribution in [0.4, 0.5) is 18.9 Å². The molecule has 1 saturated carbocycles. The number of nitrogens with one attached hydrogen (secondary N) is 1. The van der Waals surface area contributed by atoms with Gasteiger partial charge in [0, 0.05) is 33.5 Å². The first kappa shape index (κ1) is 32.0. The lowest BCUT2D eigenvalue weighted by Gasteiger charge is -2.31. The summed E-state index contributed by atoms with van der Waals surface area (Å²) in [7, 11) is 1.33. The van der Waals surface area contributed by atoms with E-state index < -0.39 is 41.2 Å². The van der Waals surface area contributed by atoms with Gasteiger partial charge in [-0.2, -0.15) is 13.2 Å². The summed E-state index contributed by atoms with van der Waals surface area (Å²) in [6.45, 7) is 1.55. The van der Waals surface area contributed by atoms with Crippen LogP contribution in [0.1, 0.15) is 52.5 Å². The summed E-state index contributed by atoms with van der Waals surface area (Å²) >= 11 is 6.24. The van der Waals surface area contributed by atoms with Gasteiger partial charge in [0.05, 0.1) is 31.1 Å². The average molecular weight is 646 g/mol. The van der Waals surface area contributed by atoms with Crippen LogP contribution < -0.4 is 26.3 Å². The molecule has 3 aromatic rings. The topological polar surface area (TPSA) is 162 Å². The number of anilines is 1. The lowest BCUT2D eigenvalue weighted by molar-refractivity contribution is -0.265. The molecule has 2 aromatic carbocycles. The monoisotopic (exact) mass is 645 g/mol. The average Bonchev–Trinajstić information content (AvgIpc) is 3.74. The van der Waals surface area contributed by atoms with Crippen molar-refractivity contribution in [2.75, 3.05) is 26.0 Å². The van der Waals surface area contributed by atoms with Crippen LogP contribution in [0, 0.1) is 6.92 Å². The second-order valence-electron chi connectivity index (χ2n) is 11.5. The van der Waals surface area contributed by atoms with Gasteiger partial charge < -0.3 is 31.4 Å². The maximum absolute atomic E-state index is 14.8. The number of primary amides is 1. The number of benzene rings is 2. The molecule has 6 N–H and O–H groups in total. The van der Waals surface area contributed by atoms with E-state index in [0.29, 0.717) is 11.1 Å². The molecular formula is C31H31ClF3N5O5. The van der Waals surface area contributed by atoms with Crippen molar-refractivity contribution in [1.29, 1.82) is 0 Å². The quantitative estimate of drug-likeness (QED) is 0.200. The smallest absolute Gasteiger partial charge is 0.424 e. The molecule has 1 fully saturated rings. The van der Waals surface area contributed by atoms with Crippen LogP contribution in [0.2, 0.25) is 5.02 Å². The van der Waals surface area contributed by atoms with Crippen LogP contribution in [0.5, 0.6) is 11.5 Å². The summed E-state index contributed by atoms with van der Waals surface area (Å²) < 4.78 is 55.4. The number of aryl methyl sites for hydroxylation is 1. The number of hydrogen-bond acceptors (Lipinski definition) is 8. The van der Waals surface area contributed by atoms with E-state index in [-0.39, 0.29) is 57.2 Å². The van der Waals surface area contributed by atoms with E-state index in [4.69, 9.17) is 32.5 Å². The molecule has 1 aliphatic heterocycles. The fourth-order valence-corrected chi connectivity index (χ4v) is 5.27. The third-order valence-corrected chi connectivity index (χ3v) is 8.18. The highest BCUT2D eigenvalue weighted by Crippen LogP contribution is 2.48. The number of carbonyl (C=O) groups excluding carboxylic acids is 2. The molecule has 45 heavy (non-hydrogen) atoms. The van der Waals surface area contributed by atoms with Crippen LogP contribution in [-0.2, 0) is 15.8 Å². The number of fused-ring (bicyclic) bond motifs is 1. The predicted molar refractivity (Wildman–Crippen MR) is 162 cm³/mol. The molecule has 2 aliphatic rings. The second kappa shape index (κ2) is 11.5. The number of aromatic nitrogens is 1. The predicted octanol–water partition coefficient (Wildman–Crippen LogP) is 4.20. The number of hydrogen-bond donors (Lipinski definition) is 4. The largest absolute Gasteiger partial charge is 0.495 e. The van der Waals surface area contributed by atoms with Crippen molar-refractivity contribution in [2.45, 2.75) is 49.9 Å². The lowest BCUT2D eigenvalue weighted by Crippen LogP contribution is -2.51. The lowest BCUT2D eigenvalue weighted by atomic mass is 9.81. The Labute approximate surface area is 261 Å². The molecule has 0 saturated heterocycles. The molecule has 238 valence electrons. The van der Waals surface area contributed by atoms with Crippen molar-refractivity contribution in [1.82, 2.24) is 10.3 Å². The second-order valence-corrected chi connectivity index (χ2v) is 11.9. The fraction of sp³-hybridized carbons (Fsp3) is 0.355. The number of ether oxygens (including phenoxy) is 2. The Morgan fingerprint density at radius 1 is 1.24 bits per heavy atom. The Bertz CT molecular complexity index is 1710. The van der Waals surface area contributed by atoms with Crippen LogP contribution in [0.3, 0.4) is 0 Å². The van der Waals surface area contributed by atoms with Crippen molar-refractivity contribution in [3.05, 3.63) is 69.4 Å². The summed E-state index contributed by atoms with van der Waals surface area (Å²) in [6.07, 6.45) is -2.01. The number of alkyl halides is 3. The van der Waals surface area contributed by atoms with Crippen molar-refractivity contribution in [2.24, 2.45) is 10.7 Å². The fourth-order valence-electron chi connectivity index (χ4n) is 4.98. The molecule has 0 spiro atoms. The number of nitrogens with two attached hydrogens (primary N) is 2. The van der Waals surface area contributed by atoms with Crippen LogP contribution in [0.15, 0.2) is 41.4 Å².